The number of aromatic nitrogens is 1. The Morgan fingerprint density at radius 1 is 1.88 bits per heavy atom. The van der Waals surface area contributed by atoms with Gasteiger partial charge < -0.3 is 4.57 Å². The van der Waals surface area contributed by atoms with Gasteiger partial charge in [0.15, 0.2) is 0 Å². The normalized spacial score (nSPS) is 8.50. The van der Waals surface area contributed by atoms with Gasteiger partial charge in [0.25, 0.3) is 0 Å². The van der Waals surface area contributed by atoms with Gasteiger partial charge in [-0.25, -0.2) is 0 Å². The van der Waals surface area contributed by atoms with E-state index in [0.29, 0.717) is 5.56 Å². The summed E-state index contributed by atoms with van der Waals surface area (Å²) in [6, 6.07) is 3.65. The van der Waals surface area contributed by atoms with E-state index in [2.05, 4.69) is 6.20 Å². The first-order valence-corrected chi connectivity index (χ1v) is 2.27. The molecule has 0 unspecified atom stereocenters. The monoisotopic (exact) mass is 105 g/mol. The van der Waals surface area contributed by atoms with Gasteiger partial charge in [0.1, 0.15) is 6.07 Å². The SMILES string of the molecule is Cn1[c]cc(C#N)c1. The summed E-state index contributed by atoms with van der Waals surface area (Å²) in [6.45, 7) is 0. The fourth-order valence-electron chi connectivity index (χ4n) is 0.516. The second-order valence-corrected chi connectivity index (χ2v) is 1.58. The van der Waals surface area contributed by atoms with Crippen molar-refractivity contribution in [3.63, 3.8) is 0 Å². The van der Waals surface area contributed by atoms with Crippen LogP contribution in [0.1, 0.15) is 5.56 Å². The Balaban J connectivity index is 3.05. The van der Waals surface area contributed by atoms with Crippen LogP contribution in [0.5, 0.6) is 0 Å². The molecule has 0 saturated heterocycles. The summed E-state index contributed by atoms with van der Waals surface area (Å²) in [6.07, 6.45) is 4.54. The van der Waals surface area contributed by atoms with Crippen LogP contribution >= 0.6 is 0 Å². The lowest BCUT2D eigenvalue weighted by atomic mass is 10.4. The van der Waals surface area contributed by atoms with Crippen LogP contribution in [0, 0.1) is 17.5 Å². The number of aryl methyl sites for hydroxylation is 1. The zero-order chi connectivity index (χ0) is 5.98. The molecule has 0 saturated carbocycles. The Bertz CT molecular complexity index is 217. The summed E-state index contributed by atoms with van der Waals surface area (Å²) < 4.78 is 1.72. The van der Waals surface area contributed by atoms with E-state index in [1.54, 1.807) is 16.8 Å². The molecule has 0 atom stereocenters. The first-order valence-electron chi connectivity index (χ1n) is 2.27. The summed E-state index contributed by atoms with van der Waals surface area (Å²) in [5.74, 6) is 0. The third-order valence-corrected chi connectivity index (χ3v) is 0.886. The molecular weight excluding hydrogens is 100 g/mol. The number of nitriles is 1. The molecule has 0 bridgehead atoms. The molecule has 1 radical (unpaired) electrons. The first-order chi connectivity index (χ1) is 3.83. The van der Waals surface area contributed by atoms with Gasteiger partial charge in [-0.1, -0.05) is 0 Å². The van der Waals surface area contributed by atoms with Gasteiger partial charge in [-0.15, -0.1) is 0 Å². The number of hydrogen-bond acceptors (Lipinski definition) is 1. The van der Waals surface area contributed by atoms with Crippen LogP contribution in [0.3, 0.4) is 0 Å². The quantitative estimate of drug-likeness (QED) is 0.477. The topological polar surface area (TPSA) is 28.7 Å². The van der Waals surface area contributed by atoms with Crippen LogP contribution in [0.15, 0.2) is 12.3 Å². The Labute approximate surface area is 48.0 Å². The highest BCUT2D eigenvalue weighted by molar-refractivity contribution is 5.24. The molecular formula is C6H5N2. The minimum atomic E-state index is 0.660. The van der Waals surface area contributed by atoms with Crippen molar-refractivity contribution in [1.29, 1.82) is 5.26 Å². The zero-order valence-corrected chi connectivity index (χ0v) is 4.55. The van der Waals surface area contributed by atoms with E-state index in [1.807, 2.05) is 13.1 Å². The van der Waals surface area contributed by atoms with Gasteiger partial charge in [-0.2, -0.15) is 5.26 Å². The van der Waals surface area contributed by atoms with Crippen LogP contribution in [0.4, 0.5) is 0 Å². The Kier molecular flexibility index (Phi) is 1.05. The highest BCUT2D eigenvalue weighted by Crippen LogP contribution is 1.93. The summed E-state index contributed by atoms with van der Waals surface area (Å²) in [7, 11) is 1.83. The van der Waals surface area contributed by atoms with Crippen LogP contribution in [-0.2, 0) is 7.05 Å². The van der Waals surface area contributed by atoms with E-state index in [-0.39, 0.29) is 0 Å². The van der Waals surface area contributed by atoms with E-state index in [9.17, 15) is 0 Å². The van der Waals surface area contributed by atoms with Crippen molar-refractivity contribution in [2.45, 2.75) is 0 Å². The molecule has 0 aliphatic rings. The Hall–Kier alpha value is -1.23. The lowest BCUT2D eigenvalue weighted by Gasteiger charge is -1.79. The second kappa shape index (κ2) is 1.71. The van der Waals surface area contributed by atoms with Crippen LogP contribution < -0.4 is 0 Å². The Morgan fingerprint density at radius 2 is 2.62 bits per heavy atom. The average Bonchev–Trinajstić information content (AvgIpc) is 2.14. The second-order valence-electron chi connectivity index (χ2n) is 1.58. The molecule has 1 aromatic heterocycles. The van der Waals surface area contributed by atoms with Crippen molar-refractivity contribution in [2.75, 3.05) is 0 Å². The first kappa shape index (κ1) is 4.92. The highest BCUT2D eigenvalue weighted by Gasteiger charge is 1.87. The van der Waals surface area contributed by atoms with Crippen molar-refractivity contribution in [3.8, 4) is 6.07 Å². The van der Waals surface area contributed by atoms with Crippen molar-refractivity contribution in [2.24, 2.45) is 7.05 Å². The summed E-state index contributed by atoms with van der Waals surface area (Å²) in [5, 5.41) is 8.27. The maximum atomic E-state index is 8.27. The highest BCUT2D eigenvalue weighted by atomic mass is 14.9. The summed E-state index contributed by atoms with van der Waals surface area (Å²) >= 11 is 0. The van der Waals surface area contributed by atoms with E-state index in [1.165, 1.54) is 0 Å². The van der Waals surface area contributed by atoms with Gasteiger partial charge in [-0.05, 0) is 6.07 Å². The standard InChI is InChI=1S/C6H5N2/c1-8-3-2-6(4-7)5-8/h2,5H,1H3. The fraction of sp³-hybridized carbons (Fsp3) is 0.167. The maximum absolute atomic E-state index is 8.27. The third-order valence-electron chi connectivity index (χ3n) is 0.886. The number of nitrogens with zero attached hydrogens (tertiary/aromatic N) is 2. The molecule has 2 nitrogen and oxygen atoms in total. The smallest absolute Gasteiger partial charge is 0.101 e. The van der Waals surface area contributed by atoms with Crippen molar-refractivity contribution in [3.05, 3.63) is 24.0 Å². The molecule has 0 aliphatic carbocycles. The minimum Gasteiger partial charge on any atom is -0.348 e. The van der Waals surface area contributed by atoms with E-state index >= 15 is 0 Å². The lowest BCUT2D eigenvalue weighted by Crippen LogP contribution is -1.77. The molecule has 0 aliphatic heterocycles. The molecule has 39 valence electrons. The van der Waals surface area contributed by atoms with Crippen LogP contribution in [-0.4, -0.2) is 4.57 Å². The molecule has 1 heterocycles. The zero-order valence-electron chi connectivity index (χ0n) is 4.55. The van der Waals surface area contributed by atoms with Crippen molar-refractivity contribution in [1.82, 2.24) is 4.57 Å². The Morgan fingerprint density at radius 3 is 2.88 bits per heavy atom. The average molecular weight is 105 g/mol. The lowest BCUT2D eigenvalue weighted by molar-refractivity contribution is 0.918. The molecule has 2 heteroatoms. The fourth-order valence-corrected chi connectivity index (χ4v) is 0.516. The van der Waals surface area contributed by atoms with E-state index < -0.39 is 0 Å². The van der Waals surface area contributed by atoms with Crippen LogP contribution in [0.2, 0.25) is 0 Å². The van der Waals surface area contributed by atoms with Crippen molar-refractivity contribution >= 4 is 0 Å². The van der Waals surface area contributed by atoms with Gasteiger partial charge >= 0.3 is 0 Å². The number of rotatable bonds is 0. The number of hydrogen-bond donors (Lipinski definition) is 0. The van der Waals surface area contributed by atoms with Gasteiger partial charge in [0, 0.05) is 13.2 Å². The molecule has 0 spiro atoms. The van der Waals surface area contributed by atoms with E-state index in [0.717, 1.165) is 0 Å². The molecule has 1 rings (SSSR count). The largest absolute Gasteiger partial charge is 0.348 e. The third kappa shape index (κ3) is 0.710. The summed E-state index contributed by atoms with van der Waals surface area (Å²) in [5.41, 5.74) is 0.660. The molecule has 0 amide bonds. The minimum absolute atomic E-state index is 0.660. The van der Waals surface area contributed by atoms with Crippen molar-refractivity contribution < 1.29 is 0 Å². The predicted octanol–water partition coefficient (Wildman–Crippen LogP) is 0.697. The predicted molar refractivity (Wildman–Crippen MR) is 29.0 cm³/mol. The van der Waals surface area contributed by atoms with Crippen LogP contribution in [0.25, 0.3) is 0 Å². The van der Waals surface area contributed by atoms with Gasteiger partial charge in [0.2, 0.25) is 0 Å². The molecule has 0 N–H and O–H groups in total. The van der Waals surface area contributed by atoms with Gasteiger partial charge in [-0.3, -0.25) is 0 Å². The molecule has 1 aromatic rings. The molecule has 0 fully saturated rings. The molecule has 0 aromatic carbocycles. The van der Waals surface area contributed by atoms with E-state index in [4.69, 9.17) is 5.26 Å². The summed E-state index contributed by atoms with van der Waals surface area (Å²) in [4.78, 5) is 0. The maximum Gasteiger partial charge on any atom is 0.101 e. The molecule has 8 heavy (non-hydrogen) atoms. The van der Waals surface area contributed by atoms with Gasteiger partial charge in [0.05, 0.1) is 11.8 Å².